The molecule has 1 aliphatic heterocycles. The molecule has 2 amide bonds. The summed E-state index contributed by atoms with van der Waals surface area (Å²) in [5.74, 6) is 0.294. The molecule has 1 unspecified atom stereocenters. The molecule has 0 spiro atoms. The molecule has 2 aromatic heterocycles. The van der Waals surface area contributed by atoms with E-state index in [1.165, 1.54) is 12.2 Å². The minimum atomic E-state index is -0.396. The van der Waals surface area contributed by atoms with Crippen molar-refractivity contribution in [2.75, 3.05) is 24.8 Å². The second kappa shape index (κ2) is 8.20. The van der Waals surface area contributed by atoms with Gasteiger partial charge in [0.15, 0.2) is 5.58 Å². The van der Waals surface area contributed by atoms with Crippen LogP contribution in [0.15, 0.2) is 65.2 Å². The second-order valence-corrected chi connectivity index (χ2v) is 7.32. The van der Waals surface area contributed by atoms with Crippen LogP contribution in [0.2, 0.25) is 0 Å². The van der Waals surface area contributed by atoms with Crippen LogP contribution < -0.4 is 15.8 Å². The molecule has 1 fully saturated rings. The number of hydrogen-bond donors (Lipinski definition) is 2. The predicted octanol–water partition coefficient (Wildman–Crippen LogP) is 4.39. The summed E-state index contributed by atoms with van der Waals surface area (Å²) >= 11 is 0. The van der Waals surface area contributed by atoms with E-state index in [0.717, 1.165) is 16.7 Å². The molecule has 162 valence electrons. The number of anilines is 2. The molecule has 3 heterocycles. The molecular formula is C23H21N5O4. The van der Waals surface area contributed by atoms with E-state index < -0.39 is 6.03 Å². The highest BCUT2D eigenvalue weighted by molar-refractivity contribution is 5.91. The van der Waals surface area contributed by atoms with Crippen LogP contribution in [0, 0.1) is 0 Å². The lowest BCUT2D eigenvalue weighted by molar-refractivity contribution is -0.0830. The zero-order valence-electron chi connectivity index (χ0n) is 17.3. The van der Waals surface area contributed by atoms with E-state index in [-0.39, 0.29) is 12.1 Å². The van der Waals surface area contributed by atoms with Gasteiger partial charge in [-0.25, -0.2) is 9.78 Å². The maximum Gasteiger partial charge on any atom is 0.346 e. The molecule has 1 aliphatic rings. The predicted molar refractivity (Wildman–Crippen MR) is 119 cm³/mol. The summed E-state index contributed by atoms with van der Waals surface area (Å²) in [7, 11) is 1.50. The Balaban J connectivity index is 1.43. The average molecular weight is 431 g/mol. The minimum absolute atomic E-state index is 0.108. The number of hydroxylamine groups is 2. The summed E-state index contributed by atoms with van der Waals surface area (Å²) in [6.45, 7) is 0.461. The molecule has 4 aromatic rings. The lowest BCUT2D eigenvalue weighted by atomic mass is 10.1. The molecule has 1 atom stereocenters. The summed E-state index contributed by atoms with van der Waals surface area (Å²) in [6.07, 6.45) is 2.38. The molecule has 0 saturated carbocycles. The molecule has 1 saturated heterocycles. The zero-order valence-corrected chi connectivity index (χ0v) is 17.3. The van der Waals surface area contributed by atoms with Crippen LogP contribution >= 0.6 is 0 Å². The number of hydrogen-bond acceptors (Lipinski definition) is 7. The van der Waals surface area contributed by atoms with Gasteiger partial charge >= 0.3 is 6.03 Å². The van der Waals surface area contributed by atoms with Crippen molar-refractivity contribution >= 4 is 28.8 Å². The summed E-state index contributed by atoms with van der Waals surface area (Å²) in [6, 6.07) is 16.6. The van der Waals surface area contributed by atoms with Crippen LogP contribution in [0.3, 0.4) is 0 Å². The summed E-state index contributed by atoms with van der Waals surface area (Å²) < 4.78 is 10.8. The molecule has 3 N–H and O–H groups in total. The number of oxazole rings is 1. The number of ether oxygens (including phenoxy) is 1. The van der Waals surface area contributed by atoms with E-state index >= 15 is 0 Å². The van der Waals surface area contributed by atoms with Crippen LogP contribution in [0.25, 0.3) is 22.2 Å². The third kappa shape index (κ3) is 3.69. The quantitative estimate of drug-likeness (QED) is 0.492. The molecule has 0 radical (unpaired) electrons. The van der Waals surface area contributed by atoms with E-state index in [4.69, 9.17) is 19.7 Å². The number of nitrogen functional groups attached to an aromatic ring is 1. The number of pyridine rings is 1. The SMILES string of the molecule is COc1ncc(-c2ccc3nc(N)oc3c2)cc1NC(=O)N1OCCC1c1ccccc1. The van der Waals surface area contributed by atoms with E-state index in [9.17, 15) is 4.79 Å². The maximum atomic E-state index is 13.1. The van der Waals surface area contributed by atoms with Crippen molar-refractivity contribution in [3.8, 4) is 17.0 Å². The lowest BCUT2D eigenvalue weighted by Crippen LogP contribution is -2.33. The second-order valence-electron chi connectivity index (χ2n) is 7.32. The van der Waals surface area contributed by atoms with E-state index in [1.54, 1.807) is 12.3 Å². The molecule has 9 heteroatoms. The third-order valence-corrected chi connectivity index (χ3v) is 5.31. The van der Waals surface area contributed by atoms with Crippen LogP contribution in [0.1, 0.15) is 18.0 Å². The van der Waals surface area contributed by atoms with Gasteiger partial charge in [-0.2, -0.15) is 10.0 Å². The highest BCUT2D eigenvalue weighted by Gasteiger charge is 2.32. The number of methoxy groups -OCH3 is 1. The van der Waals surface area contributed by atoms with Gasteiger partial charge in [-0.1, -0.05) is 36.4 Å². The number of nitrogens with one attached hydrogen (secondary N) is 1. The van der Waals surface area contributed by atoms with Crippen LogP contribution in [-0.4, -0.2) is 34.8 Å². The molecular weight excluding hydrogens is 410 g/mol. The van der Waals surface area contributed by atoms with Gasteiger partial charge in [0.05, 0.1) is 19.8 Å². The Morgan fingerprint density at radius 3 is 2.84 bits per heavy atom. The Morgan fingerprint density at radius 1 is 1.19 bits per heavy atom. The standard InChI is InChI=1S/C23H21N5O4/c1-30-21-18(27-23(29)28-19(9-10-31-28)14-5-3-2-4-6-14)11-16(13-25-21)15-7-8-17-20(12-15)32-22(24)26-17/h2-8,11-13,19H,9-10H2,1H3,(H2,24,26)(H,27,29). The largest absolute Gasteiger partial charge is 0.480 e. The van der Waals surface area contributed by atoms with Gasteiger partial charge in [-0.3, -0.25) is 4.84 Å². The van der Waals surface area contributed by atoms with Gasteiger partial charge in [-0.05, 0) is 29.3 Å². The minimum Gasteiger partial charge on any atom is -0.480 e. The van der Waals surface area contributed by atoms with Gasteiger partial charge in [0.25, 0.3) is 6.01 Å². The van der Waals surface area contributed by atoms with E-state index in [0.29, 0.717) is 35.7 Å². The summed E-state index contributed by atoms with van der Waals surface area (Å²) in [5, 5.41) is 4.24. The molecule has 5 rings (SSSR count). The fourth-order valence-corrected chi connectivity index (χ4v) is 3.80. The first kappa shape index (κ1) is 19.8. The molecule has 0 bridgehead atoms. The Labute approximate surface area is 183 Å². The number of amides is 2. The van der Waals surface area contributed by atoms with Crippen LogP contribution in [-0.2, 0) is 4.84 Å². The molecule has 2 aromatic carbocycles. The van der Waals surface area contributed by atoms with Crippen LogP contribution in [0.5, 0.6) is 5.88 Å². The first-order chi connectivity index (χ1) is 15.6. The molecule has 9 nitrogen and oxygen atoms in total. The van der Waals surface area contributed by atoms with Crippen molar-refractivity contribution in [3.05, 3.63) is 66.4 Å². The average Bonchev–Trinajstić information content (AvgIpc) is 3.45. The number of nitrogens with two attached hydrogens (primary N) is 1. The first-order valence-corrected chi connectivity index (χ1v) is 10.1. The highest BCUT2D eigenvalue weighted by atomic mass is 16.7. The van der Waals surface area contributed by atoms with Crippen molar-refractivity contribution in [3.63, 3.8) is 0 Å². The number of benzene rings is 2. The number of nitrogens with zero attached hydrogens (tertiary/aromatic N) is 3. The third-order valence-electron chi connectivity index (χ3n) is 5.31. The van der Waals surface area contributed by atoms with E-state index in [2.05, 4.69) is 15.3 Å². The first-order valence-electron chi connectivity index (χ1n) is 10.1. The number of rotatable bonds is 4. The van der Waals surface area contributed by atoms with Crippen molar-refractivity contribution in [1.29, 1.82) is 0 Å². The summed E-state index contributed by atoms with van der Waals surface area (Å²) in [5.41, 5.74) is 9.91. The van der Waals surface area contributed by atoms with Crippen molar-refractivity contribution < 1.29 is 18.8 Å². The van der Waals surface area contributed by atoms with Gasteiger partial charge in [0.2, 0.25) is 5.88 Å². The maximum absolute atomic E-state index is 13.1. The molecule has 0 aliphatic carbocycles. The van der Waals surface area contributed by atoms with Crippen LogP contribution in [0.4, 0.5) is 16.5 Å². The van der Waals surface area contributed by atoms with Gasteiger partial charge < -0.3 is 20.2 Å². The topological polar surface area (TPSA) is 116 Å². The number of aromatic nitrogens is 2. The smallest absolute Gasteiger partial charge is 0.346 e. The Kier molecular flexibility index (Phi) is 5.08. The van der Waals surface area contributed by atoms with Crippen molar-refractivity contribution in [1.82, 2.24) is 15.0 Å². The monoisotopic (exact) mass is 431 g/mol. The number of urea groups is 1. The zero-order chi connectivity index (χ0) is 22.1. The lowest BCUT2D eigenvalue weighted by Gasteiger charge is -2.23. The number of carbonyl (C=O) groups excluding carboxylic acids is 1. The summed E-state index contributed by atoms with van der Waals surface area (Å²) in [4.78, 5) is 27.1. The Bertz CT molecular complexity index is 1270. The van der Waals surface area contributed by atoms with Crippen molar-refractivity contribution in [2.24, 2.45) is 0 Å². The number of carbonyl (C=O) groups is 1. The van der Waals surface area contributed by atoms with Crippen molar-refractivity contribution in [2.45, 2.75) is 12.5 Å². The Hall–Kier alpha value is -4.11. The fraction of sp³-hybridized carbons (Fsp3) is 0.174. The van der Waals surface area contributed by atoms with Gasteiger partial charge in [0, 0.05) is 18.2 Å². The van der Waals surface area contributed by atoms with E-state index in [1.807, 2.05) is 48.5 Å². The fourth-order valence-electron chi connectivity index (χ4n) is 3.80. The van der Waals surface area contributed by atoms with Gasteiger partial charge in [0.1, 0.15) is 11.2 Å². The van der Waals surface area contributed by atoms with Gasteiger partial charge in [-0.15, -0.1) is 0 Å². The number of fused-ring (bicyclic) bond motifs is 1. The Morgan fingerprint density at radius 2 is 2.03 bits per heavy atom. The highest BCUT2D eigenvalue weighted by Crippen LogP contribution is 2.33. The molecule has 32 heavy (non-hydrogen) atoms. The normalized spacial score (nSPS) is 15.8.